The lowest BCUT2D eigenvalue weighted by molar-refractivity contribution is 0.314. The van der Waals surface area contributed by atoms with E-state index in [4.69, 9.17) is 4.74 Å². The number of nitrogens with zero attached hydrogens (tertiary/aromatic N) is 2. The molecule has 0 N–H and O–H groups in total. The van der Waals surface area contributed by atoms with E-state index in [2.05, 4.69) is 16.8 Å². The van der Waals surface area contributed by atoms with Crippen LogP contribution in [0.4, 0.5) is 0 Å². The Kier molecular flexibility index (Phi) is 4.42. The van der Waals surface area contributed by atoms with Crippen molar-refractivity contribution in [3.63, 3.8) is 0 Å². The minimum Gasteiger partial charge on any atom is -0.477 e. The first-order valence-electron chi connectivity index (χ1n) is 6.11. The lowest BCUT2D eigenvalue weighted by Crippen LogP contribution is -2.11. The summed E-state index contributed by atoms with van der Waals surface area (Å²) in [5.41, 5.74) is 2.63. The summed E-state index contributed by atoms with van der Waals surface area (Å²) in [4.78, 5) is 0. The molecule has 0 amide bonds. The molecule has 0 aromatic carbocycles. The van der Waals surface area contributed by atoms with Gasteiger partial charge in [0.2, 0.25) is 5.88 Å². The lowest BCUT2D eigenvalue weighted by atomic mass is 9.94. The van der Waals surface area contributed by atoms with E-state index in [1.165, 1.54) is 24.0 Å². The van der Waals surface area contributed by atoms with Crippen LogP contribution in [-0.2, 0) is 12.8 Å². The summed E-state index contributed by atoms with van der Waals surface area (Å²) in [5.74, 6) is 1.62. The van der Waals surface area contributed by atoms with Gasteiger partial charge in [-0.25, -0.2) is 0 Å². The van der Waals surface area contributed by atoms with Crippen molar-refractivity contribution in [2.45, 2.75) is 37.6 Å². The highest BCUT2D eigenvalue weighted by molar-refractivity contribution is 7.99. The van der Waals surface area contributed by atoms with Gasteiger partial charge in [0.25, 0.3) is 0 Å². The Morgan fingerprint density at radius 1 is 1.29 bits per heavy atom. The fraction of sp³-hybridized carbons (Fsp3) is 0.538. The number of hydrogen-bond donors (Lipinski definition) is 0. The van der Waals surface area contributed by atoms with E-state index in [1.54, 1.807) is 11.8 Å². The molecule has 0 atom stereocenters. The first-order chi connectivity index (χ1) is 8.36. The van der Waals surface area contributed by atoms with E-state index in [0.29, 0.717) is 6.61 Å². The molecule has 0 radical (unpaired) electrons. The SMILES string of the molecule is C=CCSc1nnc(OCC)c2c1CCCC2. The van der Waals surface area contributed by atoms with Crippen molar-refractivity contribution in [2.24, 2.45) is 0 Å². The normalized spacial score (nSPS) is 14.2. The van der Waals surface area contributed by atoms with Crippen LogP contribution in [0.2, 0.25) is 0 Å². The topological polar surface area (TPSA) is 35.0 Å². The molecule has 0 bridgehead atoms. The molecule has 0 fully saturated rings. The molecule has 2 rings (SSSR count). The lowest BCUT2D eigenvalue weighted by Gasteiger charge is -2.19. The average Bonchev–Trinajstić information content (AvgIpc) is 2.38. The average molecular weight is 250 g/mol. The minimum absolute atomic E-state index is 0.653. The largest absolute Gasteiger partial charge is 0.477 e. The van der Waals surface area contributed by atoms with Gasteiger partial charge in [0, 0.05) is 11.3 Å². The molecule has 4 heteroatoms. The molecule has 0 spiro atoms. The summed E-state index contributed by atoms with van der Waals surface area (Å²) < 4.78 is 5.56. The zero-order chi connectivity index (χ0) is 12.1. The van der Waals surface area contributed by atoms with Crippen molar-refractivity contribution >= 4 is 11.8 Å². The molecule has 3 nitrogen and oxygen atoms in total. The molecule has 1 aliphatic carbocycles. The zero-order valence-corrected chi connectivity index (χ0v) is 11.1. The second kappa shape index (κ2) is 6.05. The summed E-state index contributed by atoms with van der Waals surface area (Å²) in [7, 11) is 0. The zero-order valence-electron chi connectivity index (χ0n) is 10.2. The van der Waals surface area contributed by atoms with E-state index >= 15 is 0 Å². The van der Waals surface area contributed by atoms with Gasteiger partial charge >= 0.3 is 0 Å². The van der Waals surface area contributed by atoms with Gasteiger partial charge in [0.05, 0.1) is 6.61 Å². The number of ether oxygens (including phenoxy) is 1. The second-order valence-electron chi connectivity index (χ2n) is 4.01. The summed E-state index contributed by atoms with van der Waals surface area (Å²) in [6, 6.07) is 0. The smallest absolute Gasteiger partial charge is 0.236 e. The van der Waals surface area contributed by atoms with Crippen molar-refractivity contribution in [2.75, 3.05) is 12.4 Å². The Morgan fingerprint density at radius 2 is 2.06 bits per heavy atom. The fourth-order valence-corrected chi connectivity index (χ4v) is 2.87. The highest BCUT2D eigenvalue weighted by atomic mass is 32.2. The molecule has 92 valence electrons. The number of hydrogen-bond acceptors (Lipinski definition) is 4. The molecular formula is C13H18N2OS. The molecule has 1 heterocycles. The Morgan fingerprint density at radius 3 is 2.76 bits per heavy atom. The van der Waals surface area contributed by atoms with Crippen LogP contribution in [0.15, 0.2) is 17.7 Å². The maximum Gasteiger partial charge on any atom is 0.236 e. The van der Waals surface area contributed by atoms with Gasteiger partial charge in [-0.1, -0.05) is 6.08 Å². The Bertz CT molecular complexity index is 407. The molecule has 0 saturated heterocycles. The molecule has 1 aliphatic rings. The predicted molar refractivity (Wildman–Crippen MR) is 70.8 cm³/mol. The van der Waals surface area contributed by atoms with Crippen LogP contribution >= 0.6 is 11.8 Å². The van der Waals surface area contributed by atoms with Crippen LogP contribution in [0.1, 0.15) is 30.9 Å². The Hall–Kier alpha value is -1.03. The third kappa shape index (κ3) is 2.80. The highest BCUT2D eigenvalue weighted by Crippen LogP contribution is 2.33. The number of thioether (sulfide) groups is 1. The van der Waals surface area contributed by atoms with Crippen LogP contribution in [0.25, 0.3) is 0 Å². The predicted octanol–water partition coefficient (Wildman–Crippen LogP) is 3.03. The van der Waals surface area contributed by atoms with Crippen LogP contribution in [0.5, 0.6) is 5.88 Å². The van der Waals surface area contributed by atoms with Gasteiger partial charge < -0.3 is 4.74 Å². The van der Waals surface area contributed by atoms with Crippen LogP contribution in [0.3, 0.4) is 0 Å². The molecule has 0 unspecified atom stereocenters. The Labute approximate surface area is 107 Å². The molecule has 1 aromatic heterocycles. The van der Waals surface area contributed by atoms with Crippen LogP contribution < -0.4 is 4.74 Å². The van der Waals surface area contributed by atoms with Gasteiger partial charge in [-0.2, -0.15) is 0 Å². The molecule has 0 saturated carbocycles. The maximum absolute atomic E-state index is 5.56. The first-order valence-corrected chi connectivity index (χ1v) is 7.10. The van der Waals surface area contributed by atoms with Crippen molar-refractivity contribution in [1.82, 2.24) is 10.2 Å². The van der Waals surface area contributed by atoms with Crippen molar-refractivity contribution < 1.29 is 4.74 Å². The van der Waals surface area contributed by atoms with E-state index in [-0.39, 0.29) is 0 Å². The third-order valence-corrected chi connectivity index (χ3v) is 3.84. The molecule has 1 aromatic rings. The van der Waals surface area contributed by atoms with Crippen molar-refractivity contribution in [3.8, 4) is 5.88 Å². The quantitative estimate of drug-likeness (QED) is 0.594. The Balaban J connectivity index is 2.32. The van der Waals surface area contributed by atoms with Crippen molar-refractivity contribution in [3.05, 3.63) is 23.8 Å². The number of aromatic nitrogens is 2. The van der Waals surface area contributed by atoms with Gasteiger partial charge in [0.15, 0.2) is 0 Å². The van der Waals surface area contributed by atoms with Crippen molar-refractivity contribution in [1.29, 1.82) is 0 Å². The van der Waals surface area contributed by atoms with Gasteiger partial charge in [-0.15, -0.1) is 28.5 Å². The summed E-state index contributed by atoms with van der Waals surface area (Å²) in [6.07, 6.45) is 6.54. The monoisotopic (exact) mass is 250 g/mol. The van der Waals surface area contributed by atoms with Crippen LogP contribution in [0, 0.1) is 0 Å². The molecule has 17 heavy (non-hydrogen) atoms. The number of rotatable bonds is 5. The van der Waals surface area contributed by atoms with E-state index < -0.39 is 0 Å². The third-order valence-electron chi connectivity index (χ3n) is 2.83. The fourth-order valence-electron chi connectivity index (χ4n) is 2.10. The number of fused-ring (bicyclic) bond motifs is 1. The first kappa shape index (κ1) is 12.4. The van der Waals surface area contributed by atoms with Gasteiger partial charge in [0.1, 0.15) is 5.03 Å². The highest BCUT2D eigenvalue weighted by Gasteiger charge is 2.20. The van der Waals surface area contributed by atoms with Gasteiger partial charge in [-0.05, 0) is 38.2 Å². The van der Waals surface area contributed by atoms with Gasteiger partial charge in [-0.3, -0.25) is 0 Å². The second-order valence-corrected chi connectivity index (χ2v) is 5.02. The van der Waals surface area contributed by atoms with E-state index in [1.807, 2.05) is 13.0 Å². The molecular weight excluding hydrogens is 232 g/mol. The summed E-state index contributed by atoms with van der Waals surface area (Å²) in [6.45, 7) is 6.38. The van der Waals surface area contributed by atoms with E-state index in [9.17, 15) is 0 Å². The minimum atomic E-state index is 0.653. The summed E-state index contributed by atoms with van der Waals surface area (Å²) in [5, 5.41) is 9.55. The van der Waals surface area contributed by atoms with E-state index in [0.717, 1.165) is 29.5 Å². The van der Waals surface area contributed by atoms with Crippen LogP contribution in [-0.4, -0.2) is 22.6 Å². The maximum atomic E-state index is 5.56. The standard InChI is InChI=1S/C13H18N2OS/c1-3-9-17-13-11-8-6-5-7-10(11)12(14-15-13)16-4-2/h3H,1,4-9H2,2H3. The molecule has 0 aliphatic heterocycles. The summed E-state index contributed by atoms with van der Waals surface area (Å²) >= 11 is 1.71.